The van der Waals surface area contributed by atoms with Gasteiger partial charge in [0.15, 0.2) is 0 Å². The summed E-state index contributed by atoms with van der Waals surface area (Å²) < 4.78 is 5.33. The summed E-state index contributed by atoms with van der Waals surface area (Å²) in [5, 5.41) is 9.73. The monoisotopic (exact) mass is 305 g/mol. The standard InChI is InChI=1S/C17H23NO4/c1-3-22-13(2)15(19)18-11-9-17(10-12-18,16(20)21)14-7-5-4-6-8-14/h4-8,13H,3,9-12H2,1-2H3,(H,20,21)/t13-/m1/s1. The Labute approximate surface area is 130 Å². The number of rotatable bonds is 5. The summed E-state index contributed by atoms with van der Waals surface area (Å²) in [7, 11) is 0. The molecule has 1 amide bonds. The van der Waals surface area contributed by atoms with Crippen molar-refractivity contribution in [1.29, 1.82) is 0 Å². The maximum atomic E-state index is 12.3. The molecule has 1 aromatic carbocycles. The first-order chi connectivity index (χ1) is 10.5. The van der Waals surface area contributed by atoms with Gasteiger partial charge in [-0.05, 0) is 32.3 Å². The van der Waals surface area contributed by atoms with Gasteiger partial charge >= 0.3 is 5.97 Å². The Morgan fingerprint density at radius 3 is 2.36 bits per heavy atom. The van der Waals surface area contributed by atoms with Crippen molar-refractivity contribution in [2.45, 2.75) is 38.2 Å². The average Bonchev–Trinajstić information content (AvgIpc) is 2.55. The minimum Gasteiger partial charge on any atom is -0.481 e. The molecule has 2 rings (SSSR count). The Balaban J connectivity index is 2.11. The first kappa shape index (κ1) is 16.5. The maximum absolute atomic E-state index is 12.3. The van der Waals surface area contributed by atoms with E-state index in [9.17, 15) is 14.7 Å². The zero-order chi connectivity index (χ0) is 16.2. The second kappa shape index (κ2) is 6.92. The van der Waals surface area contributed by atoms with Gasteiger partial charge in [-0.3, -0.25) is 9.59 Å². The van der Waals surface area contributed by atoms with Crippen LogP contribution in [0.25, 0.3) is 0 Å². The van der Waals surface area contributed by atoms with Crippen LogP contribution in [0.4, 0.5) is 0 Å². The molecule has 1 N–H and O–H groups in total. The number of piperidine rings is 1. The fourth-order valence-corrected chi connectivity index (χ4v) is 3.07. The number of amides is 1. The topological polar surface area (TPSA) is 66.8 Å². The van der Waals surface area contributed by atoms with Gasteiger partial charge in [-0.15, -0.1) is 0 Å². The largest absolute Gasteiger partial charge is 0.481 e. The predicted molar refractivity (Wildman–Crippen MR) is 82.7 cm³/mol. The molecule has 0 bridgehead atoms. The van der Waals surface area contributed by atoms with Crippen LogP contribution in [0.15, 0.2) is 30.3 Å². The third-order valence-corrected chi connectivity index (χ3v) is 4.43. The van der Waals surface area contributed by atoms with Crippen LogP contribution in [0.1, 0.15) is 32.3 Å². The molecule has 0 aromatic heterocycles. The molecular formula is C17H23NO4. The molecular weight excluding hydrogens is 282 g/mol. The number of aliphatic carboxylic acids is 1. The van der Waals surface area contributed by atoms with Crippen molar-refractivity contribution in [3.8, 4) is 0 Å². The lowest BCUT2D eigenvalue weighted by atomic mass is 9.73. The van der Waals surface area contributed by atoms with Crippen molar-refractivity contribution < 1.29 is 19.4 Å². The number of carboxylic acid groups (broad SMARTS) is 1. The van der Waals surface area contributed by atoms with E-state index in [2.05, 4.69) is 0 Å². The molecule has 1 aliphatic rings. The Morgan fingerprint density at radius 1 is 1.27 bits per heavy atom. The Kier molecular flexibility index (Phi) is 5.19. The minimum absolute atomic E-state index is 0.0612. The lowest BCUT2D eigenvalue weighted by Crippen LogP contribution is -2.51. The molecule has 1 saturated heterocycles. The number of carbonyl (C=O) groups is 2. The van der Waals surface area contributed by atoms with Gasteiger partial charge in [0.2, 0.25) is 0 Å². The number of ether oxygens (including phenoxy) is 1. The smallest absolute Gasteiger partial charge is 0.314 e. The van der Waals surface area contributed by atoms with Crippen LogP contribution < -0.4 is 0 Å². The summed E-state index contributed by atoms with van der Waals surface area (Å²) in [6.07, 6.45) is 0.382. The number of nitrogens with zero attached hydrogens (tertiary/aromatic N) is 1. The van der Waals surface area contributed by atoms with Crippen LogP contribution in [-0.4, -0.2) is 47.7 Å². The Morgan fingerprint density at radius 2 is 1.86 bits per heavy atom. The van der Waals surface area contributed by atoms with Crippen LogP contribution >= 0.6 is 0 Å². The highest BCUT2D eigenvalue weighted by molar-refractivity contribution is 5.84. The van der Waals surface area contributed by atoms with E-state index in [1.807, 2.05) is 37.3 Å². The van der Waals surface area contributed by atoms with Gasteiger partial charge in [0, 0.05) is 19.7 Å². The van der Waals surface area contributed by atoms with E-state index in [1.165, 1.54) is 0 Å². The second-order valence-electron chi connectivity index (χ2n) is 5.68. The maximum Gasteiger partial charge on any atom is 0.314 e. The second-order valence-corrected chi connectivity index (χ2v) is 5.68. The van der Waals surface area contributed by atoms with Gasteiger partial charge in [-0.1, -0.05) is 30.3 Å². The lowest BCUT2D eigenvalue weighted by molar-refractivity contribution is -0.151. The Bertz CT molecular complexity index is 521. The van der Waals surface area contributed by atoms with Crippen molar-refractivity contribution in [2.24, 2.45) is 0 Å². The minimum atomic E-state index is -0.896. The highest BCUT2D eigenvalue weighted by Crippen LogP contribution is 2.36. The average molecular weight is 305 g/mol. The summed E-state index contributed by atoms with van der Waals surface area (Å²) in [6.45, 7) is 4.96. The number of likely N-dealkylation sites (tertiary alicyclic amines) is 1. The van der Waals surface area contributed by atoms with Crippen molar-refractivity contribution in [1.82, 2.24) is 4.90 Å². The van der Waals surface area contributed by atoms with E-state index >= 15 is 0 Å². The fourth-order valence-electron chi connectivity index (χ4n) is 3.07. The lowest BCUT2D eigenvalue weighted by Gasteiger charge is -2.39. The third kappa shape index (κ3) is 3.14. The van der Waals surface area contributed by atoms with Crippen LogP contribution in [0.2, 0.25) is 0 Å². The molecule has 5 heteroatoms. The molecule has 1 aromatic rings. The SMILES string of the molecule is CCO[C@H](C)C(=O)N1CCC(C(=O)O)(c2ccccc2)CC1. The number of benzene rings is 1. The highest BCUT2D eigenvalue weighted by Gasteiger charge is 2.44. The molecule has 1 fully saturated rings. The van der Waals surface area contributed by atoms with Gasteiger partial charge in [-0.25, -0.2) is 0 Å². The summed E-state index contributed by atoms with van der Waals surface area (Å²) in [5.74, 6) is -0.877. The molecule has 1 heterocycles. The Hall–Kier alpha value is -1.88. The molecule has 5 nitrogen and oxygen atoms in total. The van der Waals surface area contributed by atoms with E-state index in [-0.39, 0.29) is 5.91 Å². The van der Waals surface area contributed by atoms with E-state index < -0.39 is 17.5 Å². The van der Waals surface area contributed by atoms with Crippen LogP contribution in [0, 0.1) is 0 Å². The zero-order valence-corrected chi connectivity index (χ0v) is 13.1. The number of hydrogen-bond donors (Lipinski definition) is 1. The molecule has 0 unspecified atom stereocenters. The summed E-state index contributed by atoms with van der Waals surface area (Å²) in [6, 6.07) is 9.30. The van der Waals surface area contributed by atoms with Crippen molar-refractivity contribution >= 4 is 11.9 Å². The number of hydrogen-bond acceptors (Lipinski definition) is 3. The van der Waals surface area contributed by atoms with E-state index in [1.54, 1.807) is 11.8 Å². The predicted octanol–water partition coefficient (Wildman–Crippen LogP) is 2.06. The summed E-state index contributed by atoms with van der Waals surface area (Å²) in [4.78, 5) is 25.8. The molecule has 0 radical (unpaired) electrons. The zero-order valence-electron chi connectivity index (χ0n) is 13.1. The fraction of sp³-hybridized carbons (Fsp3) is 0.529. The number of carboxylic acids is 1. The normalized spacial score (nSPS) is 18.7. The molecule has 0 spiro atoms. The summed E-state index contributed by atoms with van der Waals surface area (Å²) >= 11 is 0. The van der Waals surface area contributed by atoms with Gasteiger partial charge in [-0.2, -0.15) is 0 Å². The van der Waals surface area contributed by atoms with Gasteiger partial charge in [0.05, 0.1) is 5.41 Å². The molecule has 1 aliphatic heterocycles. The first-order valence-corrected chi connectivity index (χ1v) is 7.70. The third-order valence-electron chi connectivity index (χ3n) is 4.43. The van der Waals surface area contributed by atoms with Crippen LogP contribution in [0.5, 0.6) is 0 Å². The first-order valence-electron chi connectivity index (χ1n) is 7.70. The molecule has 1 atom stereocenters. The molecule has 0 aliphatic carbocycles. The van der Waals surface area contributed by atoms with E-state index in [0.29, 0.717) is 32.5 Å². The van der Waals surface area contributed by atoms with Gasteiger partial charge in [0.25, 0.3) is 5.91 Å². The van der Waals surface area contributed by atoms with Crippen molar-refractivity contribution in [2.75, 3.05) is 19.7 Å². The summed E-state index contributed by atoms with van der Waals surface area (Å²) in [5.41, 5.74) is -0.0835. The molecule has 120 valence electrons. The van der Waals surface area contributed by atoms with Gasteiger partial charge in [0.1, 0.15) is 6.10 Å². The van der Waals surface area contributed by atoms with E-state index in [0.717, 1.165) is 5.56 Å². The van der Waals surface area contributed by atoms with E-state index in [4.69, 9.17) is 4.74 Å². The van der Waals surface area contributed by atoms with Crippen LogP contribution in [-0.2, 0) is 19.7 Å². The number of carbonyl (C=O) groups excluding carboxylic acids is 1. The molecule has 0 saturated carbocycles. The van der Waals surface area contributed by atoms with Crippen LogP contribution in [0.3, 0.4) is 0 Å². The van der Waals surface area contributed by atoms with Gasteiger partial charge < -0.3 is 14.7 Å². The quantitative estimate of drug-likeness (QED) is 0.904. The van der Waals surface area contributed by atoms with Crippen molar-refractivity contribution in [3.05, 3.63) is 35.9 Å². The highest BCUT2D eigenvalue weighted by atomic mass is 16.5. The van der Waals surface area contributed by atoms with Crippen molar-refractivity contribution in [3.63, 3.8) is 0 Å². The molecule has 22 heavy (non-hydrogen) atoms.